The van der Waals surface area contributed by atoms with Gasteiger partial charge in [0, 0.05) is 24.7 Å². The molecule has 2 rings (SSSR count). The number of carboxylic acids is 1. The van der Waals surface area contributed by atoms with Gasteiger partial charge in [-0.15, -0.1) is 0 Å². The lowest BCUT2D eigenvalue weighted by Crippen LogP contribution is -2.24. The monoisotopic (exact) mass is 311 g/mol. The van der Waals surface area contributed by atoms with Crippen molar-refractivity contribution in [3.8, 4) is 0 Å². The van der Waals surface area contributed by atoms with Gasteiger partial charge in [-0.2, -0.15) is 0 Å². The quantitative estimate of drug-likeness (QED) is 0.872. The number of aromatic carboxylic acids is 1. The van der Waals surface area contributed by atoms with Gasteiger partial charge in [-0.3, -0.25) is 0 Å². The number of hydrogen-bond donors (Lipinski definition) is 1. The van der Waals surface area contributed by atoms with Crippen LogP contribution in [0.1, 0.15) is 16.1 Å². The molecule has 0 spiro atoms. The van der Waals surface area contributed by atoms with E-state index in [9.17, 15) is 13.2 Å². The number of benzene rings is 1. The number of nitrogens with zero attached hydrogens (tertiary/aromatic N) is 1. The fourth-order valence-electron chi connectivity index (χ4n) is 2.01. The van der Waals surface area contributed by atoms with E-state index in [-0.39, 0.29) is 11.5 Å². The minimum atomic E-state index is -2.97. The minimum absolute atomic E-state index is 0.0902. The van der Waals surface area contributed by atoms with Gasteiger partial charge in [0.05, 0.1) is 5.75 Å². The Labute approximate surface area is 122 Å². The first-order valence-electron chi connectivity index (χ1n) is 6.36. The molecule has 2 aromatic rings. The van der Waals surface area contributed by atoms with E-state index >= 15 is 0 Å². The average molecular weight is 311 g/mol. The van der Waals surface area contributed by atoms with Gasteiger partial charge in [-0.05, 0) is 30.8 Å². The Morgan fingerprint density at radius 3 is 2.67 bits per heavy atom. The molecule has 114 valence electrons. The van der Waals surface area contributed by atoms with Crippen LogP contribution in [0.2, 0.25) is 0 Å². The molecule has 0 amide bonds. The van der Waals surface area contributed by atoms with Crippen LogP contribution in [0, 0.1) is 0 Å². The third-order valence-corrected chi connectivity index (χ3v) is 4.01. The van der Waals surface area contributed by atoms with Gasteiger partial charge in [0.1, 0.15) is 15.4 Å². The summed E-state index contributed by atoms with van der Waals surface area (Å²) in [5, 5.41) is 9.61. The van der Waals surface area contributed by atoms with E-state index < -0.39 is 15.8 Å². The van der Waals surface area contributed by atoms with Crippen LogP contribution in [0.5, 0.6) is 0 Å². The summed E-state index contributed by atoms with van der Waals surface area (Å²) in [5.74, 6) is -1.08. The van der Waals surface area contributed by atoms with Crippen molar-refractivity contribution < 1.29 is 22.7 Å². The summed E-state index contributed by atoms with van der Waals surface area (Å²) in [6.07, 6.45) is 1.21. The topological polar surface area (TPSA) is 87.8 Å². The molecule has 7 heteroatoms. The normalized spacial score (nSPS) is 12.1. The number of sulfone groups is 1. The Morgan fingerprint density at radius 1 is 1.33 bits per heavy atom. The van der Waals surface area contributed by atoms with E-state index in [4.69, 9.17) is 9.52 Å². The molecular formula is C14H17NO5S. The lowest BCUT2D eigenvalue weighted by atomic mass is 10.1. The Hall–Kier alpha value is -1.86. The van der Waals surface area contributed by atoms with E-state index in [1.54, 1.807) is 6.07 Å². The Bertz CT molecular complexity index is 763. The Balaban J connectivity index is 2.10. The first-order chi connectivity index (χ1) is 9.74. The van der Waals surface area contributed by atoms with Crippen molar-refractivity contribution in [2.45, 2.75) is 6.54 Å². The fourth-order valence-corrected chi connectivity index (χ4v) is 2.65. The zero-order valence-electron chi connectivity index (χ0n) is 11.9. The number of carboxylic acid groups (broad SMARTS) is 1. The zero-order chi connectivity index (χ0) is 15.6. The second-order valence-corrected chi connectivity index (χ2v) is 7.42. The highest BCUT2D eigenvalue weighted by molar-refractivity contribution is 7.90. The van der Waals surface area contributed by atoms with Gasteiger partial charge >= 0.3 is 5.97 Å². The molecule has 0 fully saturated rings. The number of rotatable bonds is 6. The molecule has 1 aromatic carbocycles. The number of hydrogen-bond acceptors (Lipinski definition) is 5. The van der Waals surface area contributed by atoms with Crippen LogP contribution in [-0.4, -0.2) is 50.0 Å². The third-order valence-electron chi connectivity index (χ3n) is 3.09. The van der Waals surface area contributed by atoms with E-state index in [1.165, 1.54) is 12.3 Å². The molecule has 0 radical (unpaired) electrons. The maximum atomic E-state index is 11.1. The van der Waals surface area contributed by atoms with Gasteiger partial charge in [0.15, 0.2) is 0 Å². The van der Waals surface area contributed by atoms with Gasteiger partial charge in [-0.1, -0.05) is 6.07 Å². The summed E-state index contributed by atoms with van der Waals surface area (Å²) in [5.41, 5.74) is 1.49. The molecule has 0 saturated carbocycles. The summed E-state index contributed by atoms with van der Waals surface area (Å²) in [6.45, 7) is 1.03. The van der Waals surface area contributed by atoms with Crippen LogP contribution in [0.25, 0.3) is 11.0 Å². The first-order valence-corrected chi connectivity index (χ1v) is 8.43. The summed E-state index contributed by atoms with van der Waals surface area (Å²) in [4.78, 5) is 12.8. The third kappa shape index (κ3) is 4.30. The minimum Gasteiger partial charge on any atom is -0.475 e. The summed E-state index contributed by atoms with van der Waals surface area (Å²) in [6, 6.07) is 6.90. The van der Waals surface area contributed by atoms with Crippen LogP contribution in [0.3, 0.4) is 0 Å². The molecule has 6 nitrogen and oxygen atoms in total. The highest BCUT2D eigenvalue weighted by atomic mass is 32.2. The predicted octanol–water partition coefficient (Wildman–Crippen LogP) is 1.61. The average Bonchev–Trinajstić information content (AvgIpc) is 2.79. The van der Waals surface area contributed by atoms with Crippen molar-refractivity contribution in [3.63, 3.8) is 0 Å². The molecule has 0 aliphatic rings. The summed E-state index contributed by atoms with van der Waals surface area (Å²) >= 11 is 0. The number of furan rings is 1. The lowest BCUT2D eigenvalue weighted by Gasteiger charge is -2.15. The van der Waals surface area contributed by atoms with Crippen molar-refractivity contribution in [1.29, 1.82) is 0 Å². The summed E-state index contributed by atoms with van der Waals surface area (Å²) < 4.78 is 27.5. The van der Waals surface area contributed by atoms with Crippen LogP contribution >= 0.6 is 0 Å². The van der Waals surface area contributed by atoms with Crippen molar-refractivity contribution in [3.05, 3.63) is 35.6 Å². The van der Waals surface area contributed by atoms with Gasteiger partial charge < -0.3 is 14.4 Å². The molecule has 21 heavy (non-hydrogen) atoms. The van der Waals surface area contributed by atoms with E-state index in [0.29, 0.717) is 18.7 Å². The van der Waals surface area contributed by atoms with E-state index in [0.717, 1.165) is 10.9 Å². The summed E-state index contributed by atoms with van der Waals surface area (Å²) in [7, 11) is -1.13. The molecule has 0 bridgehead atoms. The van der Waals surface area contributed by atoms with E-state index in [2.05, 4.69) is 0 Å². The molecule has 0 atom stereocenters. The molecule has 1 N–H and O–H groups in total. The Morgan fingerprint density at radius 2 is 2.05 bits per heavy atom. The second kappa shape index (κ2) is 5.87. The smallest absolute Gasteiger partial charge is 0.371 e. The van der Waals surface area contributed by atoms with E-state index in [1.807, 2.05) is 24.1 Å². The maximum Gasteiger partial charge on any atom is 0.371 e. The molecule has 0 aliphatic carbocycles. The maximum absolute atomic E-state index is 11.1. The number of fused-ring (bicyclic) bond motifs is 1. The molecule has 1 heterocycles. The van der Waals surface area contributed by atoms with Crippen LogP contribution in [0.4, 0.5) is 0 Å². The fraction of sp³-hybridized carbons (Fsp3) is 0.357. The van der Waals surface area contributed by atoms with Crippen molar-refractivity contribution in [2.24, 2.45) is 0 Å². The van der Waals surface area contributed by atoms with Crippen molar-refractivity contribution in [1.82, 2.24) is 4.90 Å². The zero-order valence-corrected chi connectivity index (χ0v) is 12.7. The molecule has 1 aromatic heterocycles. The van der Waals surface area contributed by atoms with Gasteiger partial charge in [0.25, 0.3) is 0 Å². The first kappa shape index (κ1) is 15.5. The molecule has 0 saturated heterocycles. The highest BCUT2D eigenvalue weighted by Crippen LogP contribution is 2.21. The second-order valence-electron chi connectivity index (χ2n) is 5.16. The molecule has 0 aliphatic heterocycles. The molecular weight excluding hydrogens is 294 g/mol. The van der Waals surface area contributed by atoms with Gasteiger partial charge in [0.2, 0.25) is 5.76 Å². The Kier molecular flexibility index (Phi) is 4.34. The van der Waals surface area contributed by atoms with Crippen LogP contribution < -0.4 is 0 Å². The van der Waals surface area contributed by atoms with Gasteiger partial charge in [-0.25, -0.2) is 13.2 Å². The van der Waals surface area contributed by atoms with Crippen LogP contribution in [-0.2, 0) is 16.4 Å². The van der Waals surface area contributed by atoms with Crippen LogP contribution in [0.15, 0.2) is 28.7 Å². The van der Waals surface area contributed by atoms with Crippen molar-refractivity contribution in [2.75, 3.05) is 25.6 Å². The highest BCUT2D eigenvalue weighted by Gasteiger charge is 2.11. The number of carbonyl (C=O) groups is 1. The SMILES string of the molecule is CN(CCS(C)(=O)=O)Cc1ccc2oc(C(=O)O)cc2c1. The standard InChI is InChI=1S/C14H17NO5S/c1-15(5-6-21(2,18)19)9-10-3-4-12-11(7-10)8-13(20-12)14(16)17/h3-4,7-8H,5-6,9H2,1-2H3,(H,16,17). The lowest BCUT2D eigenvalue weighted by molar-refractivity contribution is 0.0665. The van der Waals surface area contributed by atoms with Crippen molar-refractivity contribution >= 4 is 26.8 Å². The molecule has 0 unspecified atom stereocenters. The predicted molar refractivity (Wildman–Crippen MR) is 79.2 cm³/mol. The largest absolute Gasteiger partial charge is 0.475 e.